The Labute approximate surface area is 203 Å². The van der Waals surface area contributed by atoms with Crippen LogP contribution in [-0.4, -0.2) is 35.7 Å². The van der Waals surface area contributed by atoms with Crippen molar-refractivity contribution < 1.29 is 14.4 Å². The Morgan fingerprint density at radius 1 is 0.853 bits per heavy atom. The first-order valence-electron chi connectivity index (χ1n) is 11.3. The molecule has 7 heteroatoms. The largest absolute Gasteiger partial charge is 0.352 e. The number of nitrogens with zero attached hydrogens (tertiary/aromatic N) is 1. The predicted octanol–water partition coefficient (Wildman–Crippen LogP) is 4.76. The Bertz CT molecular complexity index is 1160. The van der Waals surface area contributed by atoms with Crippen molar-refractivity contribution in [3.63, 3.8) is 0 Å². The quantitative estimate of drug-likeness (QED) is 0.539. The molecule has 1 heterocycles. The van der Waals surface area contributed by atoms with Crippen molar-refractivity contribution in [1.29, 1.82) is 0 Å². The van der Waals surface area contributed by atoms with Gasteiger partial charge in [-0.05, 0) is 60.9 Å². The van der Waals surface area contributed by atoms with Gasteiger partial charge >= 0.3 is 0 Å². The second-order valence-corrected chi connectivity index (χ2v) is 8.75. The molecule has 1 fully saturated rings. The first kappa shape index (κ1) is 23.5. The van der Waals surface area contributed by atoms with Crippen molar-refractivity contribution in [3.8, 4) is 0 Å². The van der Waals surface area contributed by atoms with Crippen molar-refractivity contribution in [3.05, 3.63) is 101 Å². The highest BCUT2D eigenvalue weighted by Gasteiger charge is 2.27. The topological polar surface area (TPSA) is 78.5 Å². The third-order valence-corrected chi connectivity index (χ3v) is 6.19. The lowest BCUT2D eigenvalue weighted by Gasteiger charge is -2.31. The summed E-state index contributed by atoms with van der Waals surface area (Å²) in [6.45, 7) is 1.54. The molecule has 4 rings (SSSR count). The number of carbonyl (C=O) groups is 3. The number of amides is 3. The Morgan fingerprint density at radius 3 is 2.26 bits per heavy atom. The molecule has 0 saturated carbocycles. The highest BCUT2D eigenvalue weighted by Crippen LogP contribution is 2.21. The number of anilines is 1. The number of hydrogen-bond donors (Lipinski definition) is 2. The third kappa shape index (κ3) is 6.02. The summed E-state index contributed by atoms with van der Waals surface area (Å²) in [5.74, 6) is -0.449. The molecule has 2 N–H and O–H groups in total. The molecule has 3 aromatic rings. The van der Waals surface area contributed by atoms with Crippen molar-refractivity contribution in [2.75, 3.05) is 18.4 Å². The maximum absolute atomic E-state index is 13.0. The van der Waals surface area contributed by atoms with Crippen molar-refractivity contribution in [1.82, 2.24) is 10.2 Å². The number of halogens is 1. The number of nitrogens with one attached hydrogen (secondary N) is 2. The normalized spacial score (nSPS) is 13.9. The number of piperidine rings is 1. The van der Waals surface area contributed by atoms with Crippen LogP contribution in [-0.2, 0) is 11.3 Å². The van der Waals surface area contributed by atoms with Crippen LogP contribution in [0.4, 0.5) is 5.69 Å². The van der Waals surface area contributed by atoms with Crippen LogP contribution >= 0.6 is 11.6 Å². The number of hydrogen-bond acceptors (Lipinski definition) is 3. The monoisotopic (exact) mass is 475 g/mol. The van der Waals surface area contributed by atoms with E-state index in [1.165, 1.54) is 0 Å². The van der Waals surface area contributed by atoms with Gasteiger partial charge in [-0.3, -0.25) is 14.4 Å². The van der Waals surface area contributed by atoms with Gasteiger partial charge in [-0.2, -0.15) is 0 Å². The van der Waals surface area contributed by atoms with Crippen LogP contribution < -0.4 is 10.6 Å². The summed E-state index contributed by atoms with van der Waals surface area (Å²) in [6, 6.07) is 23.3. The summed E-state index contributed by atoms with van der Waals surface area (Å²) >= 11 is 5.88. The average Bonchev–Trinajstić information content (AvgIpc) is 2.88. The molecule has 0 aromatic heterocycles. The van der Waals surface area contributed by atoms with E-state index in [1.807, 2.05) is 30.3 Å². The molecule has 0 spiro atoms. The summed E-state index contributed by atoms with van der Waals surface area (Å²) in [5.41, 5.74) is 2.59. The van der Waals surface area contributed by atoms with Gasteiger partial charge in [-0.25, -0.2) is 0 Å². The lowest BCUT2D eigenvalue weighted by atomic mass is 9.95. The van der Waals surface area contributed by atoms with Gasteiger partial charge in [0.25, 0.3) is 11.8 Å². The van der Waals surface area contributed by atoms with E-state index in [4.69, 9.17) is 11.6 Å². The van der Waals surface area contributed by atoms with Crippen LogP contribution in [0.2, 0.25) is 5.02 Å². The molecule has 34 heavy (non-hydrogen) atoms. The van der Waals surface area contributed by atoms with Gasteiger partial charge in [-0.1, -0.05) is 48.0 Å². The summed E-state index contributed by atoms with van der Waals surface area (Å²) in [7, 11) is 0. The standard InChI is InChI=1S/C27H26ClN3O3/c28-23-11-9-20(10-12-23)26(33)30-24-8-4-7-22(17-24)27(34)31-15-13-21(14-16-31)25(32)29-18-19-5-2-1-3-6-19/h1-12,17,21H,13-16,18H2,(H,29,32)(H,30,33). The third-order valence-electron chi connectivity index (χ3n) is 5.94. The van der Waals surface area contributed by atoms with E-state index in [0.29, 0.717) is 54.3 Å². The van der Waals surface area contributed by atoms with E-state index in [9.17, 15) is 14.4 Å². The van der Waals surface area contributed by atoms with Crippen LogP contribution in [0, 0.1) is 5.92 Å². The summed E-state index contributed by atoms with van der Waals surface area (Å²) in [4.78, 5) is 39.8. The number of benzene rings is 3. The van der Waals surface area contributed by atoms with Crippen LogP contribution in [0.1, 0.15) is 39.1 Å². The fraction of sp³-hybridized carbons (Fsp3) is 0.222. The van der Waals surface area contributed by atoms with Gasteiger partial charge in [0, 0.05) is 47.4 Å². The molecular weight excluding hydrogens is 450 g/mol. The molecule has 1 aliphatic rings. The Balaban J connectivity index is 1.30. The molecule has 0 radical (unpaired) electrons. The fourth-order valence-electron chi connectivity index (χ4n) is 3.99. The molecule has 1 saturated heterocycles. The van der Waals surface area contributed by atoms with Gasteiger partial charge in [0.15, 0.2) is 0 Å². The molecule has 0 atom stereocenters. The summed E-state index contributed by atoms with van der Waals surface area (Å²) < 4.78 is 0. The Morgan fingerprint density at radius 2 is 1.56 bits per heavy atom. The maximum Gasteiger partial charge on any atom is 0.255 e. The lowest BCUT2D eigenvalue weighted by Crippen LogP contribution is -2.42. The van der Waals surface area contributed by atoms with E-state index in [2.05, 4.69) is 10.6 Å². The smallest absolute Gasteiger partial charge is 0.255 e. The molecule has 174 valence electrons. The van der Waals surface area contributed by atoms with Gasteiger partial charge < -0.3 is 15.5 Å². The van der Waals surface area contributed by atoms with Crippen molar-refractivity contribution in [2.45, 2.75) is 19.4 Å². The summed E-state index contributed by atoms with van der Waals surface area (Å²) in [5, 5.41) is 6.37. The Kier molecular flexibility index (Phi) is 7.60. The molecule has 1 aliphatic heterocycles. The van der Waals surface area contributed by atoms with Crippen molar-refractivity contribution >= 4 is 35.0 Å². The molecule has 0 unspecified atom stereocenters. The number of likely N-dealkylation sites (tertiary alicyclic amines) is 1. The van der Waals surface area contributed by atoms with Crippen LogP contribution in [0.25, 0.3) is 0 Å². The van der Waals surface area contributed by atoms with E-state index >= 15 is 0 Å². The van der Waals surface area contributed by atoms with Crippen molar-refractivity contribution in [2.24, 2.45) is 5.92 Å². The van der Waals surface area contributed by atoms with E-state index in [1.54, 1.807) is 53.4 Å². The predicted molar refractivity (Wildman–Crippen MR) is 133 cm³/mol. The minimum Gasteiger partial charge on any atom is -0.352 e. The zero-order chi connectivity index (χ0) is 23.9. The zero-order valence-corrected chi connectivity index (χ0v) is 19.4. The molecule has 0 aliphatic carbocycles. The second-order valence-electron chi connectivity index (χ2n) is 8.31. The van der Waals surface area contributed by atoms with Gasteiger partial charge in [0.2, 0.25) is 5.91 Å². The molecular formula is C27H26ClN3O3. The first-order valence-corrected chi connectivity index (χ1v) is 11.7. The van der Waals surface area contributed by atoms with Crippen LogP contribution in [0.5, 0.6) is 0 Å². The number of carbonyl (C=O) groups excluding carboxylic acids is 3. The highest BCUT2D eigenvalue weighted by atomic mass is 35.5. The molecule has 0 bridgehead atoms. The Hall–Kier alpha value is -3.64. The minimum absolute atomic E-state index is 0.0304. The SMILES string of the molecule is O=C(Nc1cccc(C(=O)N2CCC(C(=O)NCc3ccccc3)CC2)c1)c1ccc(Cl)cc1. The van der Waals surface area contributed by atoms with Crippen LogP contribution in [0.3, 0.4) is 0 Å². The number of rotatable bonds is 6. The zero-order valence-electron chi connectivity index (χ0n) is 18.7. The van der Waals surface area contributed by atoms with Crippen LogP contribution in [0.15, 0.2) is 78.9 Å². The lowest BCUT2D eigenvalue weighted by molar-refractivity contribution is -0.126. The fourth-order valence-corrected chi connectivity index (χ4v) is 4.12. The maximum atomic E-state index is 13.0. The molecule has 3 aromatic carbocycles. The van der Waals surface area contributed by atoms with E-state index < -0.39 is 0 Å². The summed E-state index contributed by atoms with van der Waals surface area (Å²) in [6.07, 6.45) is 1.25. The molecule has 3 amide bonds. The first-order chi connectivity index (χ1) is 16.5. The minimum atomic E-state index is -0.274. The second kappa shape index (κ2) is 11.0. The average molecular weight is 476 g/mol. The van der Waals surface area contributed by atoms with Gasteiger partial charge in [0.05, 0.1) is 0 Å². The van der Waals surface area contributed by atoms with Gasteiger partial charge in [-0.15, -0.1) is 0 Å². The van der Waals surface area contributed by atoms with E-state index in [-0.39, 0.29) is 23.6 Å². The highest BCUT2D eigenvalue weighted by molar-refractivity contribution is 6.30. The van der Waals surface area contributed by atoms with E-state index in [0.717, 1.165) is 5.56 Å². The van der Waals surface area contributed by atoms with Gasteiger partial charge in [0.1, 0.15) is 0 Å². The molecule has 6 nitrogen and oxygen atoms in total.